The third-order valence-electron chi connectivity index (χ3n) is 4.21. The number of benzene rings is 1. The fraction of sp³-hybridized carbons (Fsp3) is 0.421. The van der Waals surface area contributed by atoms with E-state index in [0.717, 1.165) is 23.6 Å². The van der Waals surface area contributed by atoms with Crippen molar-refractivity contribution in [1.29, 1.82) is 0 Å². The van der Waals surface area contributed by atoms with E-state index in [-0.39, 0.29) is 29.4 Å². The predicted octanol–water partition coefficient (Wildman–Crippen LogP) is 3.72. The zero-order valence-corrected chi connectivity index (χ0v) is 20.3. The molecule has 5 nitrogen and oxygen atoms in total. The van der Waals surface area contributed by atoms with Crippen LogP contribution in [0.4, 0.5) is 0 Å². The van der Waals surface area contributed by atoms with Crippen molar-refractivity contribution >= 4 is 51.1 Å². The van der Waals surface area contributed by atoms with Crippen LogP contribution < -0.4 is 10.6 Å². The Labute approximate surface area is 183 Å². The van der Waals surface area contributed by atoms with E-state index in [2.05, 4.69) is 47.0 Å². The molecule has 2 aromatic rings. The summed E-state index contributed by atoms with van der Waals surface area (Å²) in [5.41, 5.74) is 1.78. The molecular formula is C19H28IN3O2S2. The molecule has 0 fully saturated rings. The second-order valence-corrected chi connectivity index (χ2v) is 9.94. The maximum absolute atomic E-state index is 11.7. The van der Waals surface area contributed by atoms with Crippen molar-refractivity contribution < 1.29 is 8.42 Å². The maximum Gasteiger partial charge on any atom is 0.191 e. The molecule has 8 heteroatoms. The first kappa shape index (κ1) is 23.9. The van der Waals surface area contributed by atoms with Gasteiger partial charge in [0, 0.05) is 36.7 Å². The van der Waals surface area contributed by atoms with Gasteiger partial charge in [-0.1, -0.05) is 32.0 Å². The summed E-state index contributed by atoms with van der Waals surface area (Å²) in [6.07, 6.45) is 1.23. The lowest BCUT2D eigenvalue weighted by molar-refractivity contribution is 0.518. The Morgan fingerprint density at radius 3 is 2.44 bits per heavy atom. The Morgan fingerprint density at radius 1 is 1.22 bits per heavy atom. The van der Waals surface area contributed by atoms with E-state index >= 15 is 0 Å². The molecule has 0 aliphatic heterocycles. The van der Waals surface area contributed by atoms with Crippen molar-refractivity contribution in [2.75, 3.05) is 19.8 Å². The number of aliphatic imine (C=N–C) groups is 1. The van der Waals surface area contributed by atoms with Crippen LogP contribution in [0.1, 0.15) is 29.9 Å². The van der Waals surface area contributed by atoms with E-state index in [9.17, 15) is 8.42 Å². The van der Waals surface area contributed by atoms with Crippen molar-refractivity contribution in [2.45, 2.75) is 37.6 Å². The summed E-state index contributed by atoms with van der Waals surface area (Å²) in [4.78, 5) is 5.97. The Bertz CT molecular complexity index is 876. The summed E-state index contributed by atoms with van der Waals surface area (Å²) < 4.78 is 23.4. The Balaban J connectivity index is 0.00000364. The second-order valence-electron chi connectivity index (χ2n) is 7.01. The Morgan fingerprint density at radius 2 is 1.93 bits per heavy atom. The molecule has 0 unspecified atom stereocenters. The van der Waals surface area contributed by atoms with Crippen LogP contribution in [0.15, 0.2) is 45.6 Å². The highest BCUT2D eigenvalue weighted by Crippen LogP contribution is 2.26. The van der Waals surface area contributed by atoms with E-state index in [1.807, 2.05) is 19.1 Å². The fourth-order valence-corrected chi connectivity index (χ4v) is 4.51. The summed E-state index contributed by atoms with van der Waals surface area (Å²) in [6.45, 7) is 7.55. The van der Waals surface area contributed by atoms with Crippen LogP contribution >= 0.6 is 35.3 Å². The van der Waals surface area contributed by atoms with Crippen molar-refractivity contribution in [3.63, 3.8) is 0 Å². The van der Waals surface area contributed by atoms with E-state index in [1.165, 1.54) is 11.1 Å². The van der Waals surface area contributed by atoms with Crippen LogP contribution in [0.3, 0.4) is 0 Å². The zero-order valence-electron chi connectivity index (χ0n) is 16.4. The maximum atomic E-state index is 11.7. The first-order valence-corrected chi connectivity index (χ1v) is 11.2. The number of halogens is 1. The average Bonchev–Trinajstić information content (AvgIpc) is 3.09. The van der Waals surface area contributed by atoms with Gasteiger partial charge in [0.25, 0.3) is 0 Å². The van der Waals surface area contributed by atoms with Gasteiger partial charge in [0.05, 0.1) is 4.90 Å². The zero-order chi connectivity index (χ0) is 19.4. The quantitative estimate of drug-likeness (QED) is 0.346. The second kappa shape index (κ2) is 9.88. The van der Waals surface area contributed by atoms with Crippen LogP contribution in [-0.4, -0.2) is 34.2 Å². The molecule has 0 spiro atoms. The summed E-state index contributed by atoms with van der Waals surface area (Å²) >= 11 is 1.75. The van der Waals surface area contributed by atoms with Crippen molar-refractivity contribution in [1.82, 2.24) is 10.6 Å². The highest BCUT2D eigenvalue weighted by Gasteiger charge is 2.21. The molecular weight excluding hydrogens is 493 g/mol. The topological polar surface area (TPSA) is 70.6 Å². The highest BCUT2D eigenvalue weighted by molar-refractivity contribution is 14.0. The lowest BCUT2D eigenvalue weighted by Gasteiger charge is -2.25. The van der Waals surface area contributed by atoms with Gasteiger partial charge in [0.1, 0.15) is 0 Å². The average molecular weight is 521 g/mol. The minimum absolute atomic E-state index is 0. The van der Waals surface area contributed by atoms with E-state index in [1.54, 1.807) is 24.5 Å². The molecule has 2 N–H and O–H groups in total. The molecule has 0 aliphatic rings. The molecule has 0 bridgehead atoms. The number of hydrogen-bond donors (Lipinski definition) is 2. The lowest BCUT2D eigenvalue weighted by Crippen LogP contribution is -2.42. The van der Waals surface area contributed by atoms with Gasteiger partial charge in [0.15, 0.2) is 15.8 Å². The van der Waals surface area contributed by atoms with Gasteiger partial charge in [0.2, 0.25) is 0 Å². The van der Waals surface area contributed by atoms with Crippen LogP contribution in [0.2, 0.25) is 0 Å². The van der Waals surface area contributed by atoms with Crippen LogP contribution in [0.5, 0.6) is 0 Å². The molecule has 0 atom stereocenters. The fourth-order valence-electron chi connectivity index (χ4n) is 2.70. The van der Waals surface area contributed by atoms with Crippen molar-refractivity contribution in [3.05, 3.63) is 51.7 Å². The summed E-state index contributed by atoms with van der Waals surface area (Å²) in [7, 11) is -1.45. The van der Waals surface area contributed by atoms with E-state index in [4.69, 9.17) is 0 Å². The summed E-state index contributed by atoms with van der Waals surface area (Å²) in [5.74, 6) is 0.722. The molecule has 27 heavy (non-hydrogen) atoms. The van der Waals surface area contributed by atoms with E-state index < -0.39 is 9.84 Å². The molecule has 1 aromatic carbocycles. The number of guanidine groups is 1. The first-order valence-electron chi connectivity index (χ1n) is 8.41. The predicted molar refractivity (Wildman–Crippen MR) is 125 cm³/mol. The van der Waals surface area contributed by atoms with Gasteiger partial charge < -0.3 is 10.6 Å². The summed E-state index contributed by atoms with van der Waals surface area (Å²) in [5, 5.41) is 8.74. The van der Waals surface area contributed by atoms with Crippen LogP contribution in [-0.2, 0) is 21.8 Å². The largest absolute Gasteiger partial charge is 0.356 e. The van der Waals surface area contributed by atoms with Crippen LogP contribution in [0, 0.1) is 6.92 Å². The number of aryl methyl sites for hydroxylation is 1. The molecule has 1 aromatic heterocycles. The summed E-state index contributed by atoms with van der Waals surface area (Å²) in [6, 6.07) is 9.61. The first-order chi connectivity index (χ1) is 12.1. The third-order valence-corrected chi connectivity index (χ3v) is 6.70. The number of sulfone groups is 1. The molecule has 0 aliphatic carbocycles. The number of thiophene rings is 1. The minimum Gasteiger partial charge on any atom is -0.356 e. The Hall–Kier alpha value is -1.13. The normalized spacial score (nSPS) is 12.4. The molecule has 0 amide bonds. The number of hydrogen-bond acceptors (Lipinski definition) is 4. The lowest BCUT2D eigenvalue weighted by atomic mass is 9.91. The molecule has 0 radical (unpaired) electrons. The number of rotatable bonds is 6. The van der Waals surface area contributed by atoms with Crippen molar-refractivity contribution in [2.24, 2.45) is 4.99 Å². The number of nitrogens with zero attached hydrogens (tertiary/aromatic N) is 1. The van der Waals surface area contributed by atoms with Gasteiger partial charge in [-0.15, -0.1) is 35.3 Å². The molecule has 0 saturated carbocycles. The Kier molecular flexibility index (Phi) is 8.75. The van der Waals surface area contributed by atoms with E-state index in [0.29, 0.717) is 11.4 Å². The SMILES string of the molecule is CN=C(NCc1ccc(S(C)(=O)=O)c(C)c1)NCC(C)(C)c1cccs1.I. The van der Waals surface area contributed by atoms with Gasteiger partial charge >= 0.3 is 0 Å². The van der Waals surface area contributed by atoms with Crippen LogP contribution in [0.25, 0.3) is 0 Å². The van der Waals surface area contributed by atoms with Gasteiger partial charge in [-0.05, 0) is 35.6 Å². The molecule has 1 heterocycles. The number of nitrogens with one attached hydrogen (secondary N) is 2. The standard InChI is InChI=1S/C19H27N3O2S2.HI/c1-14-11-15(8-9-16(14)26(5,23)24)12-21-18(20-4)22-13-19(2,3)17-7-6-10-25-17;/h6-11H,12-13H2,1-5H3,(H2,20,21,22);1H. The van der Waals surface area contributed by atoms with Gasteiger partial charge in [-0.2, -0.15) is 0 Å². The molecule has 150 valence electrons. The highest BCUT2D eigenvalue weighted by atomic mass is 127. The molecule has 2 rings (SSSR count). The monoisotopic (exact) mass is 521 g/mol. The third kappa shape index (κ3) is 6.76. The van der Waals surface area contributed by atoms with Gasteiger partial charge in [-0.25, -0.2) is 8.42 Å². The smallest absolute Gasteiger partial charge is 0.191 e. The molecule has 0 saturated heterocycles. The minimum atomic E-state index is -3.19. The van der Waals surface area contributed by atoms with Gasteiger partial charge in [-0.3, -0.25) is 4.99 Å². The van der Waals surface area contributed by atoms with Crippen molar-refractivity contribution in [3.8, 4) is 0 Å².